The van der Waals surface area contributed by atoms with Gasteiger partial charge in [-0.05, 0) is 11.6 Å². The van der Waals surface area contributed by atoms with Gasteiger partial charge in [0.05, 0.1) is 18.4 Å². The summed E-state index contributed by atoms with van der Waals surface area (Å²) in [7, 11) is 0. The number of pyridine rings is 1. The molecule has 1 saturated heterocycles. The Bertz CT molecular complexity index is 1130. The molecule has 4 aromatic rings. The Balaban J connectivity index is 1.34. The van der Waals surface area contributed by atoms with Gasteiger partial charge in [0.15, 0.2) is 5.82 Å². The van der Waals surface area contributed by atoms with Crippen LogP contribution in [-0.4, -0.2) is 35.3 Å². The number of morpholine rings is 1. The van der Waals surface area contributed by atoms with E-state index in [-0.39, 0.29) is 6.10 Å². The second kappa shape index (κ2) is 10.3. The highest BCUT2D eigenvalue weighted by Crippen LogP contribution is 2.25. The molecule has 1 unspecified atom stereocenters. The summed E-state index contributed by atoms with van der Waals surface area (Å²) < 4.78 is 6.07. The maximum absolute atomic E-state index is 6.07. The summed E-state index contributed by atoms with van der Waals surface area (Å²) in [5.74, 6) is 0.693. The lowest BCUT2D eigenvalue weighted by atomic mass is 10.0. The summed E-state index contributed by atoms with van der Waals surface area (Å²) in [4.78, 5) is 12.0. The molecule has 4 heteroatoms. The van der Waals surface area contributed by atoms with Crippen LogP contribution in [0.3, 0.4) is 0 Å². The Morgan fingerprint density at radius 3 is 2.06 bits per heavy atom. The number of aliphatic imine (C=N–C) groups is 1. The summed E-state index contributed by atoms with van der Waals surface area (Å²) in [6.07, 6.45) is 1.93. The molecule has 5 rings (SSSR count). The fraction of sp³-hybridized carbons (Fsp3) is 0.172. The molecular weight excluding hydrogens is 406 g/mol. The van der Waals surface area contributed by atoms with Gasteiger partial charge in [0.1, 0.15) is 0 Å². The topological polar surface area (TPSA) is 37.7 Å². The third-order valence-electron chi connectivity index (χ3n) is 5.86. The quantitative estimate of drug-likeness (QED) is 0.359. The first-order valence-corrected chi connectivity index (χ1v) is 11.4. The van der Waals surface area contributed by atoms with Crippen molar-refractivity contribution in [3.05, 3.63) is 132 Å². The maximum atomic E-state index is 6.07. The van der Waals surface area contributed by atoms with Crippen LogP contribution in [0, 0.1) is 0 Å². The average Bonchev–Trinajstić information content (AvgIpc) is 2.89. The average molecular weight is 434 g/mol. The smallest absolute Gasteiger partial charge is 0.152 e. The Hall–Kier alpha value is -3.60. The van der Waals surface area contributed by atoms with Crippen LogP contribution in [0.1, 0.15) is 28.4 Å². The molecule has 0 radical (unpaired) electrons. The van der Waals surface area contributed by atoms with E-state index in [9.17, 15) is 0 Å². The first-order valence-electron chi connectivity index (χ1n) is 11.4. The standard InChI is InChI=1S/C29H27N3O/c1-4-10-23(11-5-1)21-32-18-19-33-27(22-32)26-16-17-28(30-20-26)31-29(24-12-6-2-7-13-24)25-14-8-3-9-15-25/h1-17,20,27H,18-19,21-22H2. The van der Waals surface area contributed by atoms with Gasteiger partial charge < -0.3 is 4.74 Å². The van der Waals surface area contributed by atoms with Gasteiger partial charge in [0.2, 0.25) is 0 Å². The van der Waals surface area contributed by atoms with E-state index in [4.69, 9.17) is 9.73 Å². The number of benzene rings is 3. The van der Waals surface area contributed by atoms with Crippen molar-refractivity contribution in [2.45, 2.75) is 12.6 Å². The van der Waals surface area contributed by atoms with Gasteiger partial charge in [-0.1, -0.05) is 97.1 Å². The van der Waals surface area contributed by atoms with Crippen LogP contribution >= 0.6 is 0 Å². The molecule has 0 bridgehead atoms. The molecule has 1 aromatic heterocycles. The fourth-order valence-corrected chi connectivity index (χ4v) is 4.15. The Kier molecular flexibility index (Phi) is 6.66. The Morgan fingerprint density at radius 2 is 1.45 bits per heavy atom. The molecule has 0 aliphatic carbocycles. The summed E-state index contributed by atoms with van der Waals surface area (Å²) in [6, 6.07) is 35.2. The summed E-state index contributed by atoms with van der Waals surface area (Å²) in [5.41, 5.74) is 5.48. The SMILES string of the molecule is c1ccc(CN2CCOC(c3ccc(N=C(c4ccccc4)c4ccccc4)nc3)C2)cc1. The van der Waals surface area contributed by atoms with Gasteiger partial charge in [0.25, 0.3) is 0 Å². The molecule has 1 fully saturated rings. The van der Waals surface area contributed by atoms with Gasteiger partial charge in [-0.3, -0.25) is 4.90 Å². The summed E-state index contributed by atoms with van der Waals surface area (Å²) in [5, 5.41) is 0. The second-order valence-corrected chi connectivity index (χ2v) is 8.22. The van der Waals surface area contributed by atoms with Gasteiger partial charge in [-0.25, -0.2) is 9.98 Å². The minimum atomic E-state index is 0.0238. The predicted octanol–water partition coefficient (Wildman–Crippen LogP) is 5.82. The van der Waals surface area contributed by atoms with Crippen molar-refractivity contribution in [3.63, 3.8) is 0 Å². The number of aromatic nitrogens is 1. The van der Waals surface area contributed by atoms with Crippen molar-refractivity contribution in [1.82, 2.24) is 9.88 Å². The van der Waals surface area contributed by atoms with E-state index in [1.54, 1.807) is 0 Å². The molecule has 1 aliphatic heterocycles. The molecule has 0 spiro atoms. The van der Waals surface area contributed by atoms with Gasteiger partial charge >= 0.3 is 0 Å². The van der Waals surface area contributed by atoms with Crippen LogP contribution in [0.2, 0.25) is 0 Å². The lowest BCUT2D eigenvalue weighted by Gasteiger charge is -2.33. The van der Waals surface area contributed by atoms with E-state index in [0.29, 0.717) is 5.82 Å². The highest BCUT2D eigenvalue weighted by Gasteiger charge is 2.22. The first kappa shape index (κ1) is 21.3. The zero-order valence-corrected chi connectivity index (χ0v) is 18.5. The van der Waals surface area contributed by atoms with E-state index in [2.05, 4.69) is 70.5 Å². The van der Waals surface area contributed by atoms with Crippen molar-refractivity contribution in [2.24, 2.45) is 4.99 Å². The summed E-state index contributed by atoms with van der Waals surface area (Å²) >= 11 is 0. The molecular formula is C29H27N3O. The van der Waals surface area contributed by atoms with Crippen molar-refractivity contribution in [2.75, 3.05) is 19.7 Å². The lowest BCUT2D eigenvalue weighted by molar-refractivity contribution is -0.0330. The zero-order valence-electron chi connectivity index (χ0n) is 18.5. The third-order valence-corrected chi connectivity index (χ3v) is 5.86. The number of hydrogen-bond acceptors (Lipinski definition) is 4. The molecule has 33 heavy (non-hydrogen) atoms. The predicted molar refractivity (Wildman–Crippen MR) is 133 cm³/mol. The number of hydrogen-bond donors (Lipinski definition) is 0. The monoisotopic (exact) mass is 433 g/mol. The second-order valence-electron chi connectivity index (χ2n) is 8.22. The molecule has 1 aliphatic rings. The van der Waals surface area contributed by atoms with Gasteiger partial charge in [0, 0.05) is 42.5 Å². The van der Waals surface area contributed by atoms with Crippen molar-refractivity contribution < 1.29 is 4.74 Å². The van der Waals surface area contributed by atoms with E-state index in [1.807, 2.05) is 48.7 Å². The Labute approximate surface area is 195 Å². The molecule has 4 nitrogen and oxygen atoms in total. The van der Waals surface area contributed by atoms with Gasteiger partial charge in [-0.2, -0.15) is 0 Å². The zero-order chi connectivity index (χ0) is 22.3. The number of ether oxygens (including phenoxy) is 1. The van der Waals surface area contributed by atoms with Crippen LogP contribution < -0.4 is 0 Å². The molecule has 3 aromatic carbocycles. The minimum absolute atomic E-state index is 0.0238. The highest BCUT2D eigenvalue weighted by molar-refractivity contribution is 6.13. The highest BCUT2D eigenvalue weighted by atomic mass is 16.5. The van der Waals surface area contributed by atoms with Crippen LogP contribution in [0.4, 0.5) is 5.82 Å². The largest absolute Gasteiger partial charge is 0.371 e. The van der Waals surface area contributed by atoms with E-state index >= 15 is 0 Å². The van der Waals surface area contributed by atoms with E-state index in [1.165, 1.54) is 5.56 Å². The first-order chi connectivity index (χ1) is 16.3. The Morgan fingerprint density at radius 1 is 0.818 bits per heavy atom. The van der Waals surface area contributed by atoms with Gasteiger partial charge in [-0.15, -0.1) is 0 Å². The third kappa shape index (κ3) is 5.43. The fourth-order valence-electron chi connectivity index (χ4n) is 4.15. The van der Waals surface area contributed by atoms with Crippen LogP contribution in [0.15, 0.2) is 114 Å². The molecule has 164 valence electrons. The molecule has 0 amide bonds. The van der Waals surface area contributed by atoms with Crippen molar-refractivity contribution in [1.29, 1.82) is 0 Å². The minimum Gasteiger partial charge on any atom is -0.371 e. The normalized spacial score (nSPS) is 16.3. The van der Waals surface area contributed by atoms with Crippen LogP contribution in [-0.2, 0) is 11.3 Å². The molecule has 1 atom stereocenters. The van der Waals surface area contributed by atoms with E-state index < -0.39 is 0 Å². The van der Waals surface area contributed by atoms with Crippen molar-refractivity contribution in [3.8, 4) is 0 Å². The molecule has 0 saturated carbocycles. The lowest BCUT2D eigenvalue weighted by Crippen LogP contribution is -2.37. The molecule has 0 N–H and O–H groups in total. The maximum Gasteiger partial charge on any atom is 0.152 e. The number of rotatable bonds is 6. The van der Waals surface area contributed by atoms with Crippen molar-refractivity contribution >= 4 is 11.5 Å². The van der Waals surface area contributed by atoms with Crippen LogP contribution in [0.5, 0.6) is 0 Å². The van der Waals surface area contributed by atoms with E-state index in [0.717, 1.165) is 48.6 Å². The number of nitrogens with zero attached hydrogens (tertiary/aromatic N) is 3. The molecule has 2 heterocycles. The summed E-state index contributed by atoms with van der Waals surface area (Å²) in [6.45, 7) is 3.47. The van der Waals surface area contributed by atoms with Crippen LogP contribution in [0.25, 0.3) is 0 Å².